The van der Waals surface area contributed by atoms with E-state index in [0.717, 1.165) is 11.9 Å². The van der Waals surface area contributed by atoms with Crippen molar-refractivity contribution in [1.29, 1.82) is 0 Å². The number of ether oxygens (including phenoxy) is 1. The highest BCUT2D eigenvalue weighted by atomic mass is 19.1. The molecule has 4 rings (SSSR count). The molecule has 1 amide bonds. The molecule has 0 saturated carbocycles. The summed E-state index contributed by atoms with van der Waals surface area (Å²) in [6.45, 7) is 2.97. The highest BCUT2D eigenvalue weighted by Gasteiger charge is 2.27. The molecule has 2 heterocycles. The summed E-state index contributed by atoms with van der Waals surface area (Å²) >= 11 is 0. The lowest BCUT2D eigenvalue weighted by molar-refractivity contribution is -0.138. The largest absolute Gasteiger partial charge is 0.481 e. The zero-order chi connectivity index (χ0) is 17.4. The molecule has 3 aromatic rings. The van der Waals surface area contributed by atoms with Crippen LogP contribution in [0, 0.1) is 5.82 Å². The van der Waals surface area contributed by atoms with Crippen LogP contribution in [-0.2, 0) is 17.8 Å². The van der Waals surface area contributed by atoms with Crippen LogP contribution in [0.4, 0.5) is 4.39 Å². The molecule has 1 aliphatic heterocycles. The third-order valence-electron chi connectivity index (χ3n) is 4.67. The number of carbonyl (C=O) groups excluding carboxylic acids is 1. The minimum absolute atomic E-state index is 0.0553. The fraction of sp³-hybridized carbons (Fsp3) is 0.250. The number of aromatic nitrogens is 1. The van der Waals surface area contributed by atoms with Gasteiger partial charge in [-0.25, -0.2) is 4.39 Å². The first-order valence-corrected chi connectivity index (χ1v) is 8.41. The van der Waals surface area contributed by atoms with Crippen molar-refractivity contribution in [2.75, 3.05) is 6.54 Å². The second kappa shape index (κ2) is 6.24. The van der Waals surface area contributed by atoms with Gasteiger partial charge in [0.1, 0.15) is 11.6 Å². The van der Waals surface area contributed by atoms with E-state index in [1.165, 1.54) is 40.9 Å². The highest BCUT2D eigenvalue weighted by Crippen LogP contribution is 2.28. The minimum atomic E-state index is -0.614. The van der Waals surface area contributed by atoms with Crippen molar-refractivity contribution in [3.05, 3.63) is 65.6 Å². The number of amides is 1. The molecule has 0 aliphatic carbocycles. The van der Waals surface area contributed by atoms with Crippen LogP contribution in [0.2, 0.25) is 0 Å². The average Bonchev–Trinajstić information content (AvgIpc) is 3.01. The maximum Gasteiger partial charge on any atom is 0.263 e. The van der Waals surface area contributed by atoms with Gasteiger partial charge in [0.2, 0.25) is 0 Å². The Morgan fingerprint density at radius 2 is 1.96 bits per heavy atom. The van der Waals surface area contributed by atoms with Crippen LogP contribution in [0.3, 0.4) is 0 Å². The molecule has 2 aromatic carbocycles. The van der Waals surface area contributed by atoms with Gasteiger partial charge in [-0.1, -0.05) is 18.2 Å². The molecule has 5 heteroatoms. The summed E-state index contributed by atoms with van der Waals surface area (Å²) in [5.41, 5.74) is 3.50. The van der Waals surface area contributed by atoms with Crippen LogP contribution in [0.1, 0.15) is 18.2 Å². The molecule has 0 unspecified atom stereocenters. The first kappa shape index (κ1) is 15.7. The molecule has 1 atom stereocenters. The van der Waals surface area contributed by atoms with Gasteiger partial charge in [0.15, 0.2) is 6.10 Å². The van der Waals surface area contributed by atoms with Crippen LogP contribution in [0.25, 0.3) is 10.9 Å². The van der Waals surface area contributed by atoms with Crippen molar-refractivity contribution < 1.29 is 13.9 Å². The van der Waals surface area contributed by atoms with Gasteiger partial charge in [0.25, 0.3) is 5.91 Å². The molecule has 0 saturated heterocycles. The number of halogens is 1. The van der Waals surface area contributed by atoms with E-state index < -0.39 is 6.10 Å². The van der Waals surface area contributed by atoms with Gasteiger partial charge >= 0.3 is 0 Å². The van der Waals surface area contributed by atoms with Gasteiger partial charge in [-0.2, -0.15) is 0 Å². The molecule has 1 aliphatic rings. The smallest absolute Gasteiger partial charge is 0.263 e. The van der Waals surface area contributed by atoms with Crippen LogP contribution < -0.4 is 4.74 Å². The Morgan fingerprint density at radius 3 is 2.76 bits per heavy atom. The topological polar surface area (TPSA) is 45.3 Å². The van der Waals surface area contributed by atoms with Crippen molar-refractivity contribution in [2.24, 2.45) is 0 Å². The normalized spacial score (nSPS) is 15.0. The van der Waals surface area contributed by atoms with E-state index in [9.17, 15) is 9.18 Å². The maximum absolute atomic E-state index is 13.0. The molecule has 0 fully saturated rings. The Hall–Kier alpha value is -2.82. The molecule has 0 bridgehead atoms. The van der Waals surface area contributed by atoms with Gasteiger partial charge in [-0.05, 0) is 37.3 Å². The lowest BCUT2D eigenvalue weighted by Gasteiger charge is -2.29. The monoisotopic (exact) mass is 338 g/mol. The Bertz CT molecular complexity index is 917. The first-order chi connectivity index (χ1) is 12.1. The second-order valence-corrected chi connectivity index (χ2v) is 6.35. The standard InChI is InChI=1S/C20H19FN2O2/c1-13(25-15-8-6-14(21)7-9-15)20(24)23-11-10-19-17(12-23)16-4-2-3-5-18(16)22-19/h2-9,13,22H,10-12H2,1H3/t13-/m1/s1. The van der Waals surface area contributed by atoms with E-state index in [-0.39, 0.29) is 11.7 Å². The Kier molecular flexibility index (Phi) is 3.92. The Balaban J connectivity index is 1.50. The summed E-state index contributed by atoms with van der Waals surface area (Å²) in [4.78, 5) is 18.0. The van der Waals surface area contributed by atoms with E-state index in [1.54, 1.807) is 6.92 Å². The number of nitrogens with zero attached hydrogens (tertiary/aromatic N) is 1. The van der Waals surface area contributed by atoms with Gasteiger partial charge in [-0.3, -0.25) is 4.79 Å². The second-order valence-electron chi connectivity index (χ2n) is 6.35. The van der Waals surface area contributed by atoms with Crippen LogP contribution in [-0.4, -0.2) is 28.4 Å². The summed E-state index contributed by atoms with van der Waals surface area (Å²) in [5.74, 6) is 0.113. The number of hydrogen-bond donors (Lipinski definition) is 1. The first-order valence-electron chi connectivity index (χ1n) is 8.41. The van der Waals surface area contributed by atoms with E-state index in [4.69, 9.17) is 4.74 Å². The van der Waals surface area contributed by atoms with E-state index in [2.05, 4.69) is 17.1 Å². The van der Waals surface area contributed by atoms with E-state index >= 15 is 0 Å². The molecule has 0 radical (unpaired) electrons. The van der Waals surface area contributed by atoms with Crippen LogP contribution in [0.5, 0.6) is 5.75 Å². The zero-order valence-corrected chi connectivity index (χ0v) is 14.0. The van der Waals surface area contributed by atoms with Gasteiger partial charge in [0, 0.05) is 41.7 Å². The average molecular weight is 338 g/mol. The molecule has 25 heavy (non-hydrogen) atoms. The number of fused-ring (bicyclic) bond motifs is 3. The molecular formula is C20H19FN2O2. The third kappa shape index (κ3) is 2.97. The van der Waals surface area contributed by atoms with Crippen molar-refractivity contribution in [3.8, 4) is 5.75 Å². The number of benzene rings is 2. The molecular weight excluding hydrogens is 319 g/mol. The number of H-pyrrole nitrogens is 1. The minimum Gasteiger partial charge on any atom is -0.481 e. The Morgan fingerprint density at radius 1 is 1.20 bits per heavy atom. The van der Waals surface area contributed by atoms with Crippen molar-refractivity contribution in [3.63, 3.8) is 0 Å². The van der Waals surface area contributed by atoms with Crippen LogP contribution >= 0.6 is 0 Å². The number of hydrogen-bond acceptors (Lipinski definition) is 2. The summed E-state index contributed by atoms with van der Waals surface area (Å²) < 4.78 is 18.7. The highest BCUT2D eigenvalue weighted by molar-refractivity contribution is 5.86. The fourth-order valence-corrected chi connectivity index (χ4v) is 3.38. The lowest BCUT2D eigenvalue weighted by Crippen LogP contribution is -2.43. The zero-order valence-electron chi connectivity index (χ0n) is 14.0. The number of para-hydroxylation sites is 1. The quantitative estimate of drug-likeness (QED) is 0.792. The molecule has 0 spiro atoms. The summed E-state index contributed by atoms with van der Waals surface area (Å²) in [6.07, 6.45) is 0.191. The van der Waals surface area contributed by atoms with E-state index in [1.807, 2.05) is 17.0 Å². The van der Waals surface area contributed by atoms with Crippen molar-refractivity contribution >= 4 is 16.8 Å². The Labute approximate surface area is 145 Å². The van der Waals surface area contributed by atoms with Crippen molar-refractivity contribution in [1.82, 2.24) is 9.88 Å². The number of aromatic amines is 1. The van der Waals surface area contributed by atoms with E-state index in [0.29, 0.717) is 18.8 Å². The predicted molar refractivity (Wildman–Crippen MR) is 93.9 cm³/mol. The molecule has 4 nitrogen and oxygen atoms in total. The number of carbonyl (C=O) groups is 1. The van der Waals surface area contributed by atoms with Crippen LogP contribution in [0.15, 0.2) is 48.5 Å². The lowest BCUT2D eigenvalue weighted by atomic mass is 10.0. The number of nitrogens with one attached hydrogen (secondary N) is 1. The number of rotatable bonds is 3. The summed E-state index contributed by atoms with van der Waals surface area (Å²) in [7, 11) is 0. The van der Waals surface area contributed by atoms with Gasteiger partial charge in [0.05, 0.1) is 0 Å². The molecule has 1 aromatic heterocycles. The summed E-state index contributed by atoms with van der Waals surface area (Å²) in [5, 5.41) is 1.17. The molecule has 1 N–H and O–H groups in total. The fourth-order valence-electron chi connectivity index (χ4n) is 3.38. The SMILES string of the molecule is C[C@@H](Oc1ccc(F)cc1)C(=O)N1CCc2[nH]c3ccccc3c2C1. The van der Waals surface area contributed by atoms with Crippen molar-refractivity contribution in [2.45, 2.75) is 26.0 Å². The maximum atomic E-state index is 13.0. The van der Waals surface area contributed by atoms with Gasteiger partial charge < -0.3 is 14.6 Å². The summed E-state index contributed by atoms with van der Waals surface area (Å²) in [6, 6.07) is 13.9. The third-order valence-corrected chi connectivity index (χ3v) is 4.67. The predicted octanol–water partition coefficient (Wildman–Crippen LogP) is 3.66. The molecule has 128 valence electrons. The van der Waals surface area contributed by atoms with Gasteiger partial charge in [-0.15, -0.1) is 0 Å².